The van der Waals surface area contributed by atoms with Crippen molar-refractivity contribution in [2.24, 2.45) is 0 Å². The summed E-state index contributed by atoms with van der Waals surface area (Å²) in [6.07, 6.45) is 9.82. The predicted molar refractivity (Wildman–Crippen MR) is 78.0 cm³/mol. The molecule has 1 saturated carbocycles. The first kappa shape index (κ1) is 13.6. The summed E-state index contributed by atoms with van der Waals surface area (Å²) in [5, 5.41) is 10.1. The molecule has 1 N–H and O–H groups in total. The summed E-state index contributed by atoms with van der Waals surface area (Å²) in [7, 11) is 0. The lowest BCUT2D eigenvalue weighted by Crippen LogP contribution is -2.05. The van der Waals surface area contributed by atoms with Gasteiger partial charge in [0.2, 0.25) is 0 Å². The minimum absolute atomic E-state index is 0.415. The highest BCUT2D eigenvalue weighted by atomic mass is 35.5. The molecule has 1 aromatic rings. The highest BCUT2D eigenvalue weighted by Crippen LogP contribution is 2.36. The molecule has 1 aliphatic rings. The van der Waals surface area contributed by atoms with Gasteiger partial charge in [-0.25, -0.2) is 0 Å². The van der Waals surface area contributed by atoms with Crippen molar-refractivity contribution in [3.8, 4) is 0 Å². The smallest absolute Gasteiger partial charge is 0.0696 e. The molecule has 18 heavy (non-hydrogen) atoms. The van der Waals surface area contributed by atoms with E-state index in [-0.39, 0.29) is 0 Å². The Morgan fingerprint density at radius 1 is 1.28 bits per heavy atom. The van der Waals surface area contributed by atoms with Gasteiger partial charge in [-0.2, -0.15) is 0 Å². The maximum Gasteiger partial charge on any atom is 0.0696 e. The largest absolute Gasteiger partial charge is 0.389 e. The van der Waals surface area contributed by atoms with E-state index in [0.29, 0.717) is 5.92 Å². The zero-order valence-corrected chi connectivity index (χ0v) is 11.7. The molecule has 0 bridgehead atoms. The molecular formula is C16H21ClO. The molecule has 0 amide bonds. The predicted octanol–water partition coefficient (Wildman–Crippen LogP) is 4.78. The Morgan fingerprint density at radius 2 is 2.00 bits per heavy atom. The fourth-order valence-electron chi connectivity index (χ4n) is 2.64. The summed E-state index contributed by atoms with van der Waals surface area (Å²) in [5.41, 5.74) is 2.35. The van der Waals surface area contributed by atoms with E-state index in [0.717, 1.165) is 10.6 Å². The minimum Gasteiger partial charge on any atom is -0.389 e. The molecule has 0 saturated heterocycles. The maximum atomic E-state index is 9.22. The van der Waals surface area contributed by atoms with Gasteiger partial charge in [-0.3, -0.25) is 0 Å². The first-order valence-corrected chi connectivity index (χ1v) is 7.20. The molecule has 0 heterocycles. The van der Waals surface area contributed by atoms with E-state index in [1.807, 2.05) is 12.1 Å². The molecule has 1 atom stereocenters. The fraction of sp³-hybridized carbons (Fsp3) is 0.500. The number of hydrogen-bond acceptors (Lipinski definition) is 1. The van der Waals surface area contributed by atoms with Crippen LogP contribution < -0.4 is 0 Å². The van der Waals surface area contributed by atoms with Crippen molar-refractivity contribution >= 4 is 17.7 Å². The Kier molecular flexibility index (Phi) is 4.85. The SMILES string of the molecule is CC(O)C=Cc1ccc(C2CCCCC2)c(Cl)c1. The second kappa shape index (κ2) is 6.40. The Labute approximate surface area is 114 Å². The molecule has 2 heteroatoms. The van der Waals surface area contributed by atoms with Crippen molar-refractivity contribution in [1.82, 2.24) is 0 Å². The van der Waals surface area contributed by atoms with Crippen molar-refractivity contribution in [2.75, 3.05) is 0 Å². The molecule has 0 aliphatic heterocycles. The molecule has 1 aliphatic carbocycles. The van der Waals surface area contributed by atoms with Gasteiger partial charge in [0.25, 0.3) is 0 Å². The zero-order chi connectivity index (χ0) is 13.0. The van der Waals surface area contributed by atoms with E-state index < -0.39 is 6.10 Å². The molecule has 0 aromatic heterocycles. The van der Waals surface area contributed by atoms with Crippen molar-refractivity contribution in [3.05, 3.63) is 40.4 Å². The van der Waals surface area contributed by atoms with Crippen LogP contribution >= 0.6 is 11.6 Å². The van der Waals surface area contributed by atoms with Crippen molar-refractivity contribution < 1.29 is 5.11 Å². The summed E-state index contributed by atoms with van der Waals surface area (Å²) in [6, 6.07) is 6.25. The van der Waals surface area contributed by atoms with E-state index in [1.54, 1.807) is 13.0 Å². The van der Waals surface area contributed by atoms with Gasteiger partial charge in [-0.05, 0) is 42.9 Å². The Morgan fingerprint density at radius 3 is 2.61 bits per heavy atom. The Bertz CT molecular complexity index is 417. The van der Waals surface area contributed by atoms with Crippen LogP contribution in [0.1, 0.15) is 56.1 Å². The summed E-state index contributed by atoms with van der Waals surface area (Å²) in [5.74, 6) is 0.640. The molecule has 1 nitrogen and oxygen atoms in total. The number of aliphatic hydroxyl groups excluding tert-OH is 1. The second-order valence-corrected chi connectivity index (χ2v) is 5.62. The third kappa shape index (κ3) is 3.60. The van der Waals surface area contributed by atoms with Crippen LogP contribution in [0, 0.1) is 0 Å². The average Bonchev–Trinajstić information content (AvgIpc) is 2.37. The third-order valence-corrected chi connectivity index (χ3v) is 3.96. The topological polar surface area (TPSA) is 20.2 Å². The van der Waals surface area contributed by atoms with Crippen molar-refractivity contribution in [1.29, 1.82) is 0 Å². The Hall–Kier alpha value is -0.790. The second-order valence-electron chi connectivity index (χ2n) is 5.22. The summed E-state index contributed by atoms with van der Waals surface area (Å²) >= 11 is 6.38. The normalized spacial score (nSPS) is 19.3. The number of rotatable bonds is 3. The van der Waals surface area contributed by atoms with E-state index in [2.05, 4.69) is 12.1 Å². The number of aliphatic hydroxyl groups is 1. The molecular weight excluding hydrogens is 244 g/mol. The van der Waals surface area contributed by atoms with Gasteiger partial charge in [-0.1, -0.05) is 55.1 Å². The average molecular weight is 265 g/mol. The molecule has 0 spiro atoms. The lowest BCUT2D eigenvalue weighted by Gasteiger charge is -2.23. The number of halogens is 1. The van der Waals surface area contributed by atoms with Crippen LogP contribution in [-0.4, -0.2) is 11.2 Å². The lowest BCUT2D eigenvalue weighted by molar-refractivity contribution is 0.245. The highest BCUT2D eigenvalue weighted by molar-refractivity contribution is 6.31. The summed E-state index contributed by atoms with van der Waals surface area (Å²) in [6.45, 7) is 1.74. The number of hydrogen-bond donors (Lipinski definition) is 1. The lowest BCUT2D eigenvalue weighted by atomic mass is 9.84. The minimum atomic E-state index is -0.415. The molecule has 98 valence electrons. The highest BCUT2D eigenvalue weighted by Gasteiger charge is 2.17. The molecule has 2 rings (SSSR count). The van der Waals surface area contributed by atoms with E-state index in [4.69, 9.17) is 11.6 Å². The molecule has 1 aromatic carbocycles. The van der Waals surface area contributed by atoms with E-state index in [9.17, 15) is 5.11 Å². The Balaban J connectivity index is 2.14. The monoisotopic (exact) mass is 264 g/mol. The molecule has 1 fully saturated rings. The fourth-order valence-corrected chi connectivity index (χ4v) is 2.99. The van der Waals surface area contributed by atoms with E-state index in [1.165, 1.54) is 37.7 Å². The van der Waals surface area contributed by atoms with Gasteiger partial charge >= 0.3 is 0 Å². The maximum absolute atomic E-state index is 9.22. The standard InChI is InChI=1S/C16H21ClO/c1-12(18)7-8-13-9-10-15(16(17)11-13)14-5-3-2-4-6-14/h7-12,14,18H,2-6H2,1H3. The van der Waals surface area contributed by atoms with Crippen molar-refractivity contribution in [2.45, 2.75) is 51.0 Å². The first-order valence-electron chi connectivity index (χ1n) is 6.82. The van der Waals surface area contributed by atoms with Gasteiger partial charge in [0.1, 0.15) is 0 Å². The third-order valence-electron chi connectivity index (χ3n) is 3.64. The van der Waals surface area contributed by atoms with Crippen molar-refractivity contribution in [3.63, 3.8) is 0 Å². The van der Waals surface area contributed by atoms with E-state index >= 15 is 0 Å². The van der Waals surface area contributed by atoms with Gasteiger partial charge in [-0.15, -0.1) is 0 Å². The van der Waals surface area contributed by atoms with Gasteiger partial charge in [0.15, 0.2) is 0 Å². The van der Waals surface area contributed by atoms with Crippen LogP contribution in [0.5, 0.6) is 0 Å². The molecule has 1 unspecified atom stereocenters. The zero-order valence-electron chi connectivity index (χ0n) is 10.9. The summed E-state index contributed by atoms with van der Waals surface area (Å²) < 4.78 is 0. The molecule has 0 radical (unpaired) electrons. The van der Waals surface area contributed by atoms with Crippen LogP contribution in [0.4, 0.5) is 0 Å². The first-order chi connectivity index (χ1) is 8.66. The van der Waals surface area contributed by atoms with Crippen LogP contribution in [-0.2, 0) is 0 Å². The van der Waals surface area contributed by atoms with Crippen LogP contribution in [0.2, 0.25) is 5.02 Å². The quantitative estimate of drug-likeness (QED) is 0.833. The van der Waals surface area contributed by atoms with Gasteiger partial charge < -0.3 is 5.11 Å². The van der Waals surface area contributed by atoms with Gasteiger partial charge in [0.05, 0.1) is 6.10 Å². The van der Waals surface area contributed by atoms with Crippen LogP contribution in [0.15, 0.2) is 24.3 Å². The number of benzene rings is 1. The van der Waals surface area contributed by atoms with Crippen LogP contribution in [0.25, 0.3) is 6.08 Å². The summed E-state index contributed by atoms with van der Waals surface area (Å²) in [4.78, 5) is 0. The van der Waals surface area contributed by atoms with Crippen LogP contribution in [0.3, 0.4) is 0 Å². The van der Waals surface area contributed by atoms with Gasteiger partial charge in [0, 0.05) is 5.02 Å².